The Morgan fingerprint density at radius 1 is 1.10 bits per heavy atom. The molecule has 0 aromatic heterocycles. The lowest BCUT2D eigenvalue weighted by molar-refractivity contribution is 0.477. The lowest BCUT2D eigenvalue weighted by atomic mass is 10.1. The van der Waals surface area contributed by atoms with E-state index in [1.807, 2.05) is 12.1 Å². The van der Waals surface area contributed by atoms with Crippen molar-refractivity contribution in [3.63, 3.8) is 0 Å². The van der Waals surface area contributed by atoms with Crippen LogP contribution >= 0.6 is 0 Å². The van der Waals surface area contributed by atoms with E-state index in [-0.39, 0.29) is 0 Å². The number of hydrogen-bond acceptors (Lipinski definition) is 3. The molecule has 1 aliphatic heterocycles. The number of rotatable bonds is 7. The van der Waals surface area contributed by atoms with E-state index >= 15 is 0 Å². The number of sulfonamides is 1. The Bertz CT molecular complexity index is 558. The van der Waals surface area contributed by atoms with Crippen LogP contribution in [0.4, 0.5) is 0 Å². The van der Waals surface area contributed by atoms with E-state index in [1.165, 1.54) is 18.4 Å². The van der Waals surface area contributed by atoms with Crippen molar-refractivity contribution in [3.05, 3.63) is 29.8 Å². The van der Waals surface area contributed by atoms with Crippen LogP contribution in [0.1, 0.15) is 37.7 Å². The van der Waals surface area contributed by atoms with E-state index in [4.69, 9.17) is 0 Å². The van der Waals surface area contributed by atoms with Gasteiger partial charge in [0, 0.05) is 19.1 Å². The highest BCUT2D eigenvalue weighted by Gasteiger charge is 2.26. The van der Waals surface area contributed by atoms with Crippen LogP contribution in [0, 0.1) is 0 Å². The van der Waals surface area contributed by atoms with E-state index < -0.39 is 10.0 Å². The van der Waals surface area contributed by atoms with Crippen LogP contribution < -0.4 is 5.32 Å². The summed E-state index contributed by atoms with van der Waals surface area (Å²) >= 11 is 0. The van der Waals surface area contributed by atoms with E-state index in [1.54, 1.807) is 16.4 Å². The minimum atomic E-state index is -3.26. The summed E-state index contributed by atoms with van der Waals surface area (Å²) in [4.78, 5) is 0.434. The largest absolute Gasteiger partial charge is 0.314 e. The molecule has 2 aliphatic rings. The maximum atomic E-state index is 12.4. The second-order valence-corrected chi connectivity index (χ2v) is 8.03. The van der Waals surface area contributed by atoms with Gasteiger partial charge in [0.25, 0.3) is 0 Å². The summed E-state index contributed by atoms with van der Waals surface area (Å²) < 4.78 is 26.4. The molecule has 1 heterocycles. The lowest BCUT2D eigenvalue weighted by Gasteiger charge is -2.15. The summed E-state index contributed by atoms with van der Waals surface area (Å²) in [5.41, 5.74) is 1.22. The second-order valence-electron chi connectivity index (χ2n) is 6.09. The minimum absolute atomic E-state index is 0.434. The van der Waals surface area contributed by atoms with Crippen LogP contribution in [-0.2, 0) is 16.4 Å². The fourth-order valence-electron chi connectivity index (χ4n) is 2.79. The monoisotopic (exact) mass is 308 g/mol. The Kier molecular flexibility index (Phi) is 4.62. The molecule has 1 aromatic carbocycles. The minimum Gasteiger partial charge on any atom is -0.314 e. The van der Waals surface area contributed by atoms with Crippen molar-refractivity contribution >= 4 is 10.0 Å². The summed E-state index contributed by atoms with van der Waals surface area (Å²) in [6.45, 7) is 2.38. The van der Waals surface area contributed by atoms with Crippen molar-refractivity contribution in [1.29, 1.82) is 0 Å². The quantitative estimate of drug-likeness (QED) is 0.785. The smallest absolute Gasteiger partial charge is 0.243 e. The molecule has 0 amide bonds. The van der Waals surface area contributed by atoms with Gasteiger partial charge in [-0.1, -0.05) is 12.1 Å². The predicted molar refractivity (Wildman–Crippen MR) is 83.8 cm³/mol. The van der Waals surface area contributed by atoms with Crippen LogP contribution in [0.3, 0.4) is 0 Å². The van der Waals surface area contributed by atoms with Crippen molar-refractivity contribution in [1.82, 2.24) is 9.62 Å². The molecule has 1 saturated carbocycles. The number of nitrogens with one attached hydrogen (secondary N) is 1. The van der Waals surface area contributed by atoms with Crippen molar-refractivity contribution in [2.24, 2.45) is 0 Å². The molecular formula is C16H24N2O2S. The predicted octanol–water partition coefficient (Wildman–Crippen LogP) is 2.16. The molecule has 0 bridgehead atoms. The summed E-state index contributed by atoms with van der Waals surface area (Å²) in [5.74, 6) is 0. The Labute approximate surface area is 127 Å². The van der Waals surface area contributed by atoms with Gasteiger partial charge in [-0.25, -0.2) is 8.42 Å². The summed E-state index contributed by atoms with van der Waals surface area (Å²) in [6, 6.07) is 8.20. The van der Waals surface area contributed by atoms with Gasteiger partial charge in [0.05, 0.1) is 4.90 Å². The van der Waals surface area contributed by atoms with Gasteiger partial charge >= 0.3 is 0 Å². The Hall–Kier alpha value is -0.910. The van der Waals surface area contributed by atoms with Crippen molar-refractivity contribution in [2.75, 3.05) is 19.6 Å². The van der Waals surface area contributed by atoms with E-state index in [0.717, 1.165) is 38.3 Å². The zero-order valence-corrected chi connectivity index (χ0v) is 13.2. The maximum absolute atomic E-state index is 12.4. The second kappa shape index (κ2) is 6.46. The molecule has 1 saturated heterocycles. The summed E-state index contributed by atoms with van der Waals surface area (Å²) in [6.07, 6.45) is 6.71. The highest BCUT2D eigenvalue weighted by atomic mass is 32.2. The molecule has 1 aliphatic carbocycles. The van der Waals surface area contributed by atoms with Gasteiger partial charge < -0.3 is 5.32 Å². The van der Waals surface area contributed by atoms with Gasteiger partial charge in [0.15, 0.2) is 0 Å². The molecule has 0 atom stereocenters. The topological polar surface area (TPSA) is 49.4 Å². The normalized spacial score (nSPS) is 20.0. The van der Waals surface area contributed by atoms with Crippen LogP contribution in [0.15, 0.2) is 29.2 Å². The van der Waals surface area contributed by atoms with Crippen molar-refractivity contribution < 1.29 is 8.42 Å². The molecular weight excluding hydrogens is 284 g/mol. The van der Waals surface area contributed by atoms with Crippen LogP contribution in [0.2, 0.25) is 0 Å². The SMILES string of the molecule is O=S(=O)(c1ccc(CCCNC2CC2)cc1)N1CCCC1. The number of nitrogens with zero attached hydrogens (tertiary/aromatic N) is 1. The maximum Gasteiger partial charge on any atom is 0.243 e. The average molecular weight is 308 g/mol. The molecule has 2 fully saturated rings. The molecule has 0 spiro atoms. The molecule has 116 valence electrons. The fourth-order valence-corrected chi connectivity index (χ4v) is 4.31. The van der Waals surface area contributed by atoms with Gasteiger partial charge in [-0.3, -0.25) is 0 Å². The Morgan fingerprint density at radius 2 is 1.76 bits per heavy atom. The van der Waals surface area contributed by atoms with Crippen LogP contribution in [0.5, 0.6) is 0 Å². The lowest BCUT2D eigenvalue weighted by Crippen LogP contribution is -2.27. The molecule has 5 heteroatoms. The first-order valence-corrected chi connectivity index (χ1v) is 9.43. The zero-order valence-electron chi connectivity index (χ0n) is 12.4. The van der Waals surface area contributed by atoms with E-state index in [9.17, 15) is 8.42 Å². The highest BCUT2D eigenvalue weighted by molar-refractivity contribution is 7.89. The van der Waals surface area contributed by atoms with Gasteiger partial charge in [0.2, 0.25) is 10.0 Å². The molecule has 1 aromatic rings. The third-order valence-electron chi connectivity index (χ3n) is 4.28. The average Bonchev–Trinajstić information content (AvgIpc) is 3.14. The summed E-state index contributed by atoms with van der Waals surface area (Å²) in [5, 5.41) is 3.50. The van der Waals surface area contributed by atoms with E-state index in [2.05, 4.69) is 5.32 Å². The standard InChI is InChI=1S/C16H24N2O2S/c19-21(20,18-12-1-2-13-18)16-9-5-14(6-10-16)4-3-11-17-15-7-8-15/h5-6,9-10,15,17H,1-4,7-8,11-13H2. The molecule has 3 rings (SSSR count). The van der Waals surface area contributed by atoms with Crippen molar-refractivity contribution in [3.8, 4) is 0 Å². The number of benzene rings is 1. The molecule has 0 unspecified atom stereocenters. The first-order valence-electron chi connectivity index (χ1n) is 7.99. The first kappa shape index (κ1) is 15.0. The fraction of sp³-hybridized carbons (Fsp3) is 0.625. The Morgan fingerprint density at radius 3 is 2.38 bits per heavy atom. The van der Waals surface area contributed by atoms with Gasteiger partial charge in [-0.2, -0.15) is 4.31 Å². The summed E-state index contributed by atoms with van der Waals surface area (Å²) in [7, 11) is -3.26. The third kappa shape index (κ3) is 3.84. The van der Waals surface area contributed by atoms with Crippen LogP contribution in [0.25, 0.3) is 0 Å². The molecule has 21 heavy (non-hydrogen) atoms. The molecule has 1 N–H and O–H groups in total. The first-order chi connectivity index (χ1) is 10.2. The number of hydrogen-bond donors (Lipinski definition) is 1. The van der Waals surface area contributed by atoms with E-state index in [0.29, 0.717) is 18.0 Å². The molecule has 0 radical (unpaired) electrons. The van der Waals surface area contributed by atoms with Gasteiger partial charge in [-0.05, 0) is 62.8 Å². The van der Waals surface area contributed by atoms with Gasteiger partial charge in [0.1, 0.15) is 0 Å². The highest BCUT2D eigenvalue weighted by Crippen LogP contribution is 2.21. The number of aryl methyl sites for hydroxylation is 1. The Balaban J connectivity index is 1.55. The van der Waals surface area contributed by atoms with Crippen LogP contribution in [-0.4, -0.2) is 38.4 Å². The zero-order chi connectivity index (χ0) is 14.7. The van der Waals surface area contributed by atoms with Gasteiger partial charge in [-0.15, -0.1) is 0 Å². The van der Waals surface area contributed by atoms with Crippen molar-refractivity contribution in [2.45, 2.75) is 49.5 Å². The molecule has 4 nitrogen and oxygen atoms in total. The third-order valence-corrected chi connectivity index (χ3v) is 6.19.